The van der Waals surface area contributed by atoms with E-state index in [2.05, 4.69) is 0 Å². The highest BCUT2D eigenvalue weighted by Crippen LogP contribution is 2.19. The van der Waals surface area contributed by atoms with Crippen molar-refractivity contribution in [1.29, 1.82) is 0 Å². The standard InChI is InChI=1S/C16H18N2O3/c17-13-8-4-5-9-14(13)20-11-16(19)21-15(18)10-12-6-2-1-3-7-12/h1-9,15H,10-11,17-18H2. The second-order valence-electron chi connectivity index (χ2n) is 4.54. The summed E-state index contributed by atoms with van der Waals surface area (Å²) in [5.74, 6) is -0.0761. The van der Waals surface area contributed by atoms with Crippen LogP contribution < -0.4 is 16.2 Å². The summed E-state index contributed by atoms with van der Waals surface area (Å²) in [6.45, 7) is -0.225. The Balaban J connectivity index is 1.78. The van der Waals surface area contributed by atoms with E-state index in [1.807, 2.05) is 30.3 Å². The van der Waals surface area contributed by atoms with Crippen LogP contribution in [0.1, 0.15) is 5.56 Å². The first-order valence-corrected chi connectivity index (χ1v) is 6.61. The summed E-state index contributed by atoms with van der Waals surface area (Å²) < 4.78 is 10.4. The third kappa shape index (κ3) is 4.81. The first-order valence-electron chi connectivity index (χ1n) is 6.61. The largest absolute Gasteiger partial charge is 0.480 e. The van der Waals surface area contributed by atoms with Gasteiger partial charge >= 0.3 is 5.97 Å². The zero-order valence-corrected chi connectivity index (χ0v) is 11.6. The lowest BCUT2D eigenvalue weighted by molar-refractivity contribution is -0.151. The van der Waals surface area contributed by atoms with Crippen LogP contribution in [0.4, 0.5) is 5.69 Å². The van der Waals surface area contributed by atoms with Gasteiger partial charge in [-0.05, 0) is 17.7 Å². The Labute approximate surface area is 123 Å². The topological polar surface area (TPSA) is 87.6 Å². The van der Waals surface area contributed by atoms with Crippen LogP contribution in [-0.2, 0) is 16.0 Å². The van der Waals surface area contributed by atoms with Gasteiger partial charge in [0.2, 0.25) is 0 Å². The van der Waals surface area contributed by atoms with Gasteiger partial charge < -0.3 is 15.2 Å². The summed E-state index contributed by atoms with van der Waals surface area (Å²) >= 11 is 0. The van der Waals surface area contributed by atoms with Crippen molar-refractivity contribution in [2.24, 2.45) is 5.73 Å². The number of benzene rings is 2. The molecule has 0 radical (unpaired) electrons. The molecule has 1 unspecified atom stereocenters. The molecular weight excluding hydrogens is 268 g/mol. The molecule has 5 nitrogen and oxygen atoms in total. The van der Waals surface area contributed by atoms with Gasteiger partial charge in [0.25, 0.3) is 0 Å². The Bertz CT molecular complexity index is 587. The predicted octanol–water partition coefficient (Wildman–Crippen LogP) is 1.72. The van der Waals surface area contributed by atoms with Crippen LogP contribution in [0.2, 0.25) is 0 Å². The zero-order valence-electron chi connectivity index (χ0n) is 11.6. The molecular formula is C16H18N2O3. The van der Waals surface area contributed by atoms with E-state index in [0.717, 1.165) is 5.56 Å². The van der Waals surface area contributed by atoms with Gasteiger partial charge in [-0.15, -0.1) is 0 Å². The summed E-state index contributed by atoms with van der Waals surface area (Å²) in [5, 5.41) is 0. The molecule has 0 aliphatic carbocycles. The van der Waals surface area contributed by atoms with Gasteiger partial charge in [-0.25, -0.2) is 4.79 Å². The second kappa shape index (κ2) is 7.31. The van der Waals surface area contributed by atoms with Gasteiger partial charge in [-0.1, -0.05) is 42.5 Å². The molecule has 0 aliphatic rings. The van der Waals surface area contributed by atoms with Gasteiger partial charge in [0.15, 0.2) is 12.8 Å². The van der Waals surface area contributed by atoms with Crippen LogP contribution in [-0.4, -0.2) is 18.8 Å². The fourth-order valence-electron chi connectivity index (χ4n) is 1.84. The minimum absolute atomic E-state index is 0.225. The lowest BCUT2D eigenvalue weighted by Crippen LogP contribution is -2.31. The van der Waals surface area contributed by atoms with Crippen LogP contribution in [0.5, 0.6) is 5.75 Å². The molecule has 5 heteroatoms. The van der Waals surface area contributed by atoms with E-state index in [-0.39, 0.29) is 6.61 Å². The van der Waals surface area contributed by atoms with E-state index in [1.54, 1.807) is 24.3 Å². The number of hydrogen-bond acceptors (Lipinski definition) is 5. The fourth-order valence-corrected chi connectivity index (χ4v) is 1.84. The minimum atomic E-state index is -0.698. The molecule has 0 saturated carbocycles. The van der Waals surface area contributed by atoms with Gasteiger partial charge in [-0.2, -0.15) is 0 Å². The van der Waals surface area contributed by atoms with Gasteiger partial charge in [0.1, 0.15) is 5.75 Å². The highest BCUT2D eigenvalue weighted by atomic mass is 16.6. The SMILES string of the molecule is Nc1ccccc1OCC(=O)OC(N)Cc1ccccc1. The summed E-state index contributed by atoms with van der Waals surface area (Å²) in [6.07, 6.45) is -0.239. The zero-order chi connectivity index (χ0) is 15.1. The van der Waals surface area contributed by atoms with Crippen LogP contribution >= 0.6 is 0 Å². The van der Waals surface area contributed by atoms with Crippen molar-refractivity contribution in [3.8, 4) is 5.75 Å². The summed E-state index contributed by atoms with van der Waals surface area (Å²) in [7, 11) is 0. The highest BCUT2D eigenvalue weighted by molar-refractivity contribution is 5.71. The molecule has 0 saturated heterocycles. The molecule has 0 fully saturated rings. The molecule has 0 heterocycles. The average molecular weight is 286 g/mol. The molecule has 0 aromatic heterocycles. The second-order valence-corrected chi connectivity index (χ2v) is 4.54. The number of anilines is 1. The molecule has 21 heavy (non-hydrogen) atoms. The van der Waals surface area contributed by atoms with E-state index in [9.17, 15) is 4.79 Å². The number of nitrogen functional groups attached to an aromatic ring is 1. The third-order valence-corrected chi connectivity index (χ3v) is 2.83. The van der Waals surface area contributed by atoms with E-state index >= 15 is 0 Å². The van der Waals surface area contributed by atoms with E-state index in [1.165, 1.54) is 0 Å². The maximum atomic E-state index is 11.7. The molecule has 0 spiro atoms. The minimum Gasteiger partial charge on any atom is -0.480 e. The smallest absolute Gasteiger partial charge is 0.345 e. The Kier molecular flexibility index (Phi) is 5.17. The van der Waals surface area contributed by atoms with Gasteiger partial charge in [0, 0.05) is 6.42 Å². The molecule has 2 rings (SSSR count). The Hall–Kier alpha value is -2.53. The van der Waals surface area contributed by atoms with Crippen molar-refractivity contribution in [2.75, 3.05) is 12.3 Å². The van der Waals surface area contributed by atoms with Crippen LogP contribution in [0.3, 0.4) is 0 Å². The van der Waals surface area contributed by atoms with Crippen molar-refractivity contribution >= 4 is 11.7 Å². The molecule has 4 N–H and O–H groups in total. The highest BCUT2D eigenvalue weighted by Gasteiger charge is 2.12. The normalized spacial score (nSPS) is 11.7. The van der Waals surface area contributed by atoms with E-state index < -0.39 is 12.2 Å². The Morgan fingerprint density at radius 1 is 1.05 bits per heavy atom. The number of carbonyl (C=O) groups is 1. The lowest BCUT2D eigenvalue weighted by Gasteiger charge is -2.14. The Morgan fingerprint density at radius 2 is 1.71 bits per heavy atom. The molecule has 2 aromatic rings. The number of rotatable bonds is 6. The van der Waals surface area contributed by atoms with Crippen LogP contribution in [0.15, 0.2) is 54.6 Å². The van der Waals surface area contributed by atoms with Gasteiger partial charge in [-0.3, -0.25) is 5.73 Å². The number of carbonyl (C=O) groups excluding carboxylic acids is 1. The molecule has 0 bridgehead atoms. The monoisotopic (exact) mass is 286 g/mol. The molecule has 1 atom stereocenters. The maximum Gasteiger partial charge on any atom is 0.345 e. The number of esters is 1. The van der Waals surface area contributed by atoms with E-state index in [0.29, 0.717) is 17.9 Å². The molecule has 2 aromatic carbocycles. The molecule has 0 aliphatic heterocycles. The molecule has 0 amide bonds. The van der Waals surface area contributed by atoms with Crippen molar-refractivity contribution in [3.63, 3.8) is 0 Å². The van der Waals surface area contributed by atoms with Crippen molar-refractivity contribution < 1.29 is 14.3 Å². The summed E-state index contributed by atoms with van der Waals surface area (Å²) in [5.41, 5.74) is 13.0. The number of ether oxygens (including phenoxy) is 2. The quantitative estimate of drug-likeness (QED) is 0.479. The summed E-state index contributed by atoms with van der Waals surface area (Å²) in [6, 6.07) is 16.5. The predicted molar refractivity (Wildman–Crippen MR) is 80.6 cm³/mol. The van der Waals surface area contributed by atoms with Crippen molar-refractivity contribution in [2.45, 2.75) is 12.6 Å². The van der Waals surface area contributed by atoms with E-state index in [4.69, 9.17) is 20.9 Å². The fraction of sp³-hybridized carbons (Fsp3) is 0.188. The Morgan fingerprint density at radius 3 is 2.43 bits per heavy atom. The van der Waals surface area contributed by atoms with Crippen molar-refractivity contribution in [3.05, 3.63) is 60.2 Å². The van der Waals surface area contributed by atoms with Crippen LogP contribution in [0, 0.1) is 0 Å². The van der Waals surface area contributed by atoms with Crippen LogP contribution in [0.25, 0.3) is 0 Å². The number of nitrogens with two attached hydrogens (primary N) is 2. The average Bonchev–Trinajstić information content (AvgIpc) is 2.47. The van der Waals surface area contributed by atoms with Crippen molar-refractivity contribution in [1.82, 2.24) is 0 Å². The number of para-hydroxylation sites is 2. The first kappa shape index (κ1) is 14.9. The third-order valence-electron chi connectivity index (χ3n) is 2.83. The number of hydrogen-bond donors (Lipinski definition) is 2. The van der Waals surface area contributed by atoms with Gasteiger partial charge in [0.05, 0.1) is 5.69 Å². The molecule has 110 valence electrons. The maximum absolute atomic E-state index is 11.7. The lowest BCUT2D eigenvalue weighted by atomic mass is 10.1. The first-order chi connectivity index (χ1) is 10.1. The summed E-state index contributed by atoms with van der Waals surface area (Å²) in [4.78, 5) is 11.7.